The maximum atomic E-state index is 12.3. The minimum absolute atomic E-state index is 0.0837. The monoisotopic (exact) mass is 401 g/mol. The number of pyridine rings is 1. The summed E-state index contributed by atoms with van der Waals surface area (Å²) in [7, 11) is 0. The van der Waals surface area contributed by atoms with Crippen LogP contribution in [0, 0.1) is 29.9 Å². The molecule has 0 bridgehead atoms. The van der Waals surface area contributed by atoms with Crippen molar-refractivity contribution in [3.63, 3.8) is 0 Å². The van der Waals surface area contributed by atoms with Crippen molar-refractivity contribution < 1.29 is 14.5 Å². The Hall–Kier alpha value is -3.50. The third-order valence-electron chi connectivity index (χ3n) is 5.00. The zero-order valence-electron chi connectivity index (χ0n) is 16.3. The molecule has 1 fully saturated rings. The number of hydrogen-bond donors (Lipinski definition) is 2. The smallest absolute Gasteiger partial charge is 0.312 e. The number of primary amides is 1. The first kappa shape index (κ1) is 20.2. The van der Waals surface area contributed by atoms with Crippen molar-refractivity contribution in [2.24, 2.45) is 11.7 Å². The van der Waals surface area contributed by atoms with Gasteiger partial charge < -0.3 is 16.0 Å². The molecule has 0 radical (unpaired) electrons. The lowest BCUT2D eigenvalue weighted by Gasteiger charge is -2.32. The lowest BCUT2D eigenvalue weighted by atomic mass is 9.97. The third-order valence-corrected chi connectivity index (χ3v) is 5.00. The molecule has 1 aliphatic heterocycles. The van der Waals surface area contributed by atoms with Gasteiger partial charge in [-0.05, 0) is 38.8 Å². The van der Waals surface area contributed by atoms with E-state index in [4.69, 9.17) is 5.73 Å². The van der Waals surface area contributed by atoms with E-state index < -0.39 is 4.92 Å². The van der Waals surface area contributed by atoms with Gasteiger partial charge in [0.25, 0.3) is 0 Å². The summed E-state index contributed by atoms with van der Waals surface area (Å²) in [6, 6.07) is 3.49. The zero-order chi connectivity index (χ0) is 21.1. The van der Waals surface area contributed by atoms with E-state index in [0.717, 1.165) is 19.4 Å². The largest absolute Gasteiger partial charge is 0.369 e. The number of carbonyl (C=O) groups excluding carboxylic acids is 2. The number of aryl methyl sites for hydroxylation is 1. The van der Waals surface area contributed by atoms with E-state index in [1.165, 1.54) is 17.8 Å². The molecule has 0 spiro atoms. The number of nitrogens with one attached hydrogen (secondary N) is 1. The molecule has 3 heterocycles. The Morgan fingerprint density at radius 1 is 1.38 bits per heavy atom. The minimum Gasteiger partial charge on any atom is -0.369 e. The molecule has 1 atom stereocenters. The molecule has 11 heteroatoms. The molecule has 2 aromatic rings. The average Bonchev–Trinajstić information content (AvgIpc) is 2.95. The molecule has 2 amide bonds. The van der Waals surface area contributed by atoms with Crippen molar-refractivity contribution in [2.75, 3.05) is 23.3 Å². The molecular formula is C18H23N7O4. The van der Waals surface area contributed by atoms with Crippen molar-refractivity contribution in [1.29, 1.82) is 0 Å². The van der Waals surface area contributed by atoms with Gasteiger partial charge in [0, 0.05) is 13.1 Å². The van der Waals surface area contributed by atoms with Crippen LogP contribution in [0.5, 0.6) is 0 Å². The van der Waals surface area contributed by atoms with Crippen molar-refractivity contribution in [1.82, 2.24) is 14.8 Å². The molecule has 11 nitrogen and oxygen atoms in total. The second-order valence-corrected chi connectivity index (χ2v) is 7.07. The van der Waals surface area contributed by atoms with Crippen molar-refractivity contribution in [2.45, 2.75) is 33.2 Å². The summed E-state index contributed by atoms with van der Waals surface area (Å²) in [6.07, 6.45) is 3.18. The molecule has 1 saturated heterocycles. The number of nitrogens with zero attached hydrogens (tertiary/aromatic N) is 5. The van der Waals surface area contributed by atoms with E-state index in [1.54, 1.807) is 19.1 Å². The highest BCUT2D eigenvalue weighted by molar-refractivity contribution is 5.90. The second kappa shape index (κ2) is 8.25. The summed E-state index contributed by atoms with van der Waals surface area (Å²) in [5, 5.41) is 17.8. The van der Waals surface area contributed by atoms with Crippen LogP contribution in [-0.2, 0) is 16.1 Å². The van der Waals surface area contributed by atoms with Crippen LogP contribution in [0.4, 0.5) is 17.2 Å². The number of aromatic nitrogens is 3. The Kier molecular flexibility index (Phi) is 5.76. The van der Waals surface area contributed by atoms with Crippen LogP contribution in [0.3, 0.4) is 0 Å². The Balaban J connectivity index is 1.63. The quantitative estimate of drug-likeness (QED) is 0.544. The van der Waals surface area contributed by atoms with Gasteiger partial charge in [0.05, 0.1) is 22.7 Å². The van der Waals surface area contributed by atoms with Crippen LogP contribution in [-0.4, -0.2) is 44.6 Å². The van der Waals surface area contributed by atoms with Gasteiger partial charge in [0.2, 0.25) is 11.8 Å². The van der Waals surface area contributed by atoms with E-state index in [1.807, 2.05) is 4.90 Å². The zero-order valence-corrected chi connectivity index (χ0v) is 16.3. The molecule has 3 N–H and O–H groups in total. The van der Waals surface area contributed by atoms with Crippen LogP contribution in [0.1, 0.15) is 24.2 Å². The number of rotatable bonds is 6. The predicted octanol–water partition coefficient (Wildman–Crippen LogP) is 1.14. The average molecular weight is 401 g/mol. The van der Waals surface area contributed by atoms with Crippen LogP contribution in [0.2, 0.25) is 0 Å². The summed E-state index contributed by atoms with van der Waals surface area (Å²) in [5.41, 5.74) is 6.41. The highest BCUT2D eigenvalue weighted by atomic mass is 16.6. The maximum Gasteiger partial charge on any atom is 0.312 e. The summed E-state index contributed by atoms with van der Waals surface area (Å²) >= 11 is 0. The van der Waals surface area contributed by atoms with Gasteiger partial charge in [0.15, 0.2) is 0 Å². The van der Waals surface area contributed by atoms with E-state index in [2.05, 4.69) is 15.4 Å². The number of nitro groups is 1. The van der Waals surface area contributed by atoms with Crippen LogP contribution < -0.4 is 16.0 Å². The molecule has 0 aliphatic carbocycles. The molecule has 1 aliphatic rings. The van der Waals surface area contributed by atoms with Gasteiger partial charge >= 0.3 is 5.69 Å². The molecule has 0 aromatic carbocycles. The van der Waals surface area contributed by atoms with Gasteiger partial charge in [-0.3, -0.25) is 24.4 Å². The normalized spacial score (nSPS) is 16.5. The SMILES string of the molecule is Cc1nn(CC(=O)Nc2ccc(N3CCCC(C(N)=O)C3)nc2)c(C)c1[N+](=O)[O-]. The summed E-state index contributed by atoms with van der Waals surface area (Å²) < 4.78 is 1.31. The van der Waals surface area contributed by atoms with Gasteiger partial charge in [-0.2, -0.15) is 5.10 Å². The second-order valence-electron chi connectivity index (χ2n) is 7.07. The third kappa shape index (κ3) is 4.50. The summed E-state index contributed by atoms with van der Waals surface area (Å²) in [6.45, 7) is 4.27. The summed E-state index contributed by atoms with van der Waals surface area (Å²) in [4.78, 5) is 40.6. The molecule has 154 valence electrons. The van der Waals surface area contributed by atoms with Gasteiger partial charge in [0.1, 0.15) is 23.8 Å². The molecule has 1 unspecified atom stereocenters. The molecule has 29 heavy (non-hydrogen) atoms. The highest BCUT2D eigenvalue weighted by Crippen LogP contribution is 2.23. The number of carbonyl (C=O) groups is 2. The maximum absolute atomic E-state index is 12.3. The Labute approximate surface area is 167 Å². The Morgan fingerprint density at radius 2 is 2.14 bits per heavy atom. The standard InChI is InChI=1S/C18H23N7O4/c1-11-17(25(28)29)12(2)24(22-11)10-16(26)21-14-5-6-15(20-8-14)23-7-3-4-13(9-23)18(19)27/h5-6,8,13H,3-4,7,9-10H2,1-2H3,(H2,19,27)(H,21,26). The fourth-order valence-electron chi connectivity index (χ4n) is 3.51. The molecular weight excluding hydrogens is 378 g/mol. The van der Waals surface area contributed by atoms with Crippen molar-refractivity contribution in [3.05, 3.63) is 39.8 Å². The molecule has 0 saturated carbocycles. The van der Waals surface area contributed by atoms with E-state index in [-0.39, 0.29) is 35.7 Å². The van der Waals surface area contributed by atoms with E-state index in [9.17, 15) is 19.7 Å². The first-order valence-electron chi connectivity index (χ1n) is 9.25. The number of hydrogen-bond acceptors (Lipinski definition) is 7. The van der Waals surface area contributed by atoms with Gasteiger partial charge in [-0.1, -0.05) is 0 Å². The van der Waals surface area contributed by atoms with Crippen molar-refractivity contribution in [3.8, 4) is 0 Å². The van der Waals surface area contributed by atoms with E-state index >= 15 is 0 Å². The number of nitrogens with two attached hydrogens (primary N) is 1. The number of piperidine rings is 1. The van der Waals surface area contributed by atoms with Crippen LogP contribution >= 0.6 is 0 Å². The van der Waals surface area contributed by atoms with Crippen LogP contribution in [0.15, 0.2) is 18.3 Å². The lowest BCUT2D eigenvalue weighted by Crippen LogP contribution is -2.41. The van der Waals surface area contributed by atoms with Gasteiger partial charge in [-0.25, -0.2) is 4.98 Å². The summed E-state index contributed by atoms with van der Waals surface area (Å²) in [5.74, 6) is -0.146. The fraction of sp³-hybridized carbons (Fsp3) is 0.444. The van der Waals surface area contributed by atoms with Crippen LogP contribution in [0.25, 0.3) is 0 Å². The number of amides is 2. The van der Waals surface area contributed by atoms with Crippen molar-refractivity contribution >= 4 is 29.0 Å². The predicted molar refractivity (Wildman–Crippen MR) is 105 cm³/mol. The fourth-order valence-corrected chi connectivity index (χ4v) is 3.51. The van der Waals surface area contributed by atoms with E-state index in [0.29, 0.717) is 23.7 Å². The Bertz CT molecular complexity index is 938. The first-order valence-corrected chi connectivity index (χ1v) is 9.25. The molecule has 2 aromatic heterocycles. The lowest BCUT2D eigenvalue weighted by molar-refractivity contribution is -0.386. The topological polar surface area (TPSA) is 149 Å². The minimum atomic E-state index is -0.502. The van der Waals surface area contributed by atoms with Gasteiger partial charge in [-0.15, -0.1) is 0 Å². The highest BCUT2D eigenvalue weighted by Gasteiger charge is 2.25. The Morgan fingerprint density at radius 3 is 2.72 bits per heavy atom. The number of anilines is 2. The molecule has 3 rings (SSSR count). The first-order chi connectivity index (χ1) is 13.8.